The first kappa shape index (κ1) is 16.1. The van der Waals surface area contributed by atoms with Crippen molar-refractivity contribution in [2.24, 2.45) is 5.41 Å². The van der Waals surface area contributed by atoms with E-state index in [2.05, 4.69) is 0 Å². The number of esters is 1. The van der Waals surface area contributed by atoms with E-state index >= 15 is 0 Å². The Balaban J connectivity index is 1.93. The molecule has 0 radical (unpaired) electrons. The zero-order valence-corrected chi connectivity index (χ0v) is 13.3. The highest BCUT2D eigenvalue weighted by molar-refractivity contribution is 5.71. The summed E-state index contributed by atoms with van der Waals surface area (Å²) >= 11 is 0. The van der Waals surface area contributed by atoms with Crippen molar-refractivity contribution in [3.63, 3.8) is 0 Å². The van der Waals surface area contributed by atoms with E-state index in [1.807, 2.05) is 20.8 Å². The Kier molecular flexibility index (Phi) is 4.46. The number of epoxide rings is 1. The van der Waals surface area contributed by atoms with Gasteiger partial charge >= 0.3 is 12.1 Å². The van der Waals surface area contributed by atoms with Gasteiger partial charge in [0.1, 0.15) is 5.60 Å². The maximum atomic E-state index is 12.1. The molecule has 6 heteroatoms. The Morgan fingerprint density at radius 2 is 1.86 bits per heavy atom. The van der Waals surface area contributed by atoms with E-state index < -0.39 is 5.60 Å². The topological polar surface area (TPSA) is 68.4 Å². The molecule has 0 aromatic rings. The molecule has 2 fully saturated rings. The number of hydrogen-bond acceptors (Lipinski definition) is 5. The van der Waals surface area contributed by atoms with E-state index in [4.69, 9.17) is 14.2 Å². The van der Waals surface area contributed by atoms with Crippen LogP contribution >= 0.6 is 0 Å². The van der Waals surface area contributed by atoms with Crippen LogP contribution in [0.4, 0.5) is 4.79 Å². The second kappa shape index (κ2) is 5.83. The Bertz CT molecular complexity index is 403. The molecule has 2 heterocycles. The van der Waals surface area contributed by atoms with Gasteiger partial charge in [-0.25, -0.2) is 4.79 Å². The minimum atomic E-state index is -0.489. The third kappa shape index (κ3) is 4.09. The van der Waals surface area contributed by atoms with Crippen molar-refractivity contribution in [3.8, 4) is 0 Å². The molecule has 1 atom stereocenters. The summed E-state index contributed by atoms with van der Waals surface area (Å²) in [6.45, 7) is 7.44. The Hall–Kier alpha value is -1.30. The van der Waals surface area contributed by atoms with E-state index in [1.54, 1.807) is 4.90 Å². The largest absolute Gasteiger partial charge is 0.469 e. The quantitative estimate of drug-likeness (QED) is 0.588. The van der Waals surface area contributed by atoms with Gasteiger partial charge in [0, 0.05) is 18.5 Å². The highest BCUT2D eigenvalue weighted by atomic mass is 16.6. The van der Waals surface area contributed by atoms with Crippen molar-refractivity contribution in [2.75, 3.05) is 26.8 Å². The molecule has 2 saturated heterocycles. The summed E-state index contributed by atoms with van der Waals surface area (Å²) in [6.07, 6.45) is 1.68. The molecule has 120 valence electrons. The Morgan fingerprint density at radius 1 is 1.29 bits per heavy atom. The SMILES string of the molecule is COC(=O)CC1(C2CO2)CCN(C(=O)OC(C)(C)C)CC1. The van der Waals surface area contributed by atoms with Gasteiger partial charge in [-0.05, 0) is 33.6 Å². The number of ether oxygens (including phenoxy) is 3. The summed E-state index contributed by atoms with van der Waals surface area (Å²) in [7, 11) is 1.40. The zero-order valence-electron chi connectivity index (χ0n) is 13.3. The van der Waals surface area contributed by atoms with Crippen molar-refractivity contribution >= 4 is 12.1 Å². The van der Waals surface area contributed by atoms with E-state index in [0.29, 0.717) is 26.1 Å². The predicted molar refractivity (Wildman–Crippen MR) is 75.8 cm³/mol. The van der Waals surface area contributed by atoms with Gasteiger partial charge in [-0.1, -0.05) is 0 Å². The second-order valence-electron chi connectivity index (χ2n) is 6.90. The van der Waals surface area contributed by atoms with Crippen LogP contribution < -0.4 is 0 Å². The highest BCUT2D eigenvalue weighted by Crippen LogP contribution is 2.45. The molecule has 0 N–H and O–H groups in total. The van der Waals surface area contributed by atoms with Gasteiger partial charge in [-0.15, -0.1) is 0 Å². The molecule has 0 bridgehead atoms. The molecule has 0 saturated carbocycles. The van der Waals surface area contributed by atoms with Crippen LogP contribution in [-0.4, -0.2) is 55.5 Å². The van der Waals surface area contributed by atoms with Crippen molar-refractivity contribution in [3.05, 3.63) is 0 Å². The fourth-order valence-electron chi connectivity index (χ4n) is 2.83. The number of rotatable bonds is 3. The lowest BCUT2D eigenvalue weighted by Crippen LogP contribution is -2.47. The number of methoxy groups -OCH3 is 1. The third-order valence-corrected chi connectivity index (χ3v) is 4.15. The van der Waals surface area contributed by atoms with Crippen LogP contribution in [0.2, 0.25) is 0 Å². The number of hydrogen-bond donors (Lipinski definition) is 0. The van der Waals surface area contributed by atoms with Gasteiger partial charge < -0.3 is 19.1 Å². The summed E-state index contributed by atoms with van der Waals surface area (Å²) in [4.78, 5) is 25.4. The molecule has 2 aliphatic rings. The van der Waals surface area contributed by atoms with Crippen LogP contribution in [0.5, 0.6) is 0 Å². The average molecular weight is 299 g/mol. The second-order valence-corrected chi connectivity index (χ2v) is 6.90. The molecule has 0 aromatic heterocycles. The fraction of sp³-hybridized carbons (Fsp3) is 0.867. The van der Waals surface area contributed by atoms with Crippen LogP contribution in [0.1, 0.15) is 40.0 Å². The zero-order chi connectivity index (χ0) is 15.7. The molecular formula is C15H25NO5. The average Bonchev–Trinajstić information content (AvgIpc) is 3.21. The molecular weight excluding hydrogens is 274 g/mol. The molecule has 0 aromatic carbocycles. The smallest absolute Gasteiger partial charge is 0.410 e. The fourth-order valence-corrected chi connectivity index (χ4v) is 2.83. The van der Waals surface area contributed by atoms with Crippen LogP contribution in [0.3, 0.4) is 0 Å². The number of carbonyl (C=O) groups excluding carboxylic acids is 2. The van der Waals surface area contributed by atoms with E-state index in [-0.39, 0.29) is 23.6 Å². The first-order valence-electron chi connectivity index (χ1n) is 7.42. The highest BCUT2D eigenvalue weighted by Gasteiger charge is 2.50. The van der Waals surface area contributed by atoms with Crippen molar-refractivity contribution in [2.45, 2.75) is 51.7 Å². The van der Waals surface area contributed by atoms with Crippen LogP contribution in [0.25, 0.3) is 0 Å². The van der Waals surface area contributed by atoms with E-state index in [0.717, 1.165) is 12.8 Å². The normalized spacial score (nSPS) is 24.4. The summed E-state index contributed by atoms with van der Waals surface area (Å²) < 4.78 is 15.6. The molecule has 0 aliphatic carbocycles. The Morgan fingerprint density at radius 3 is 2.29 bits per heavy atom. The molecule has 2 rings (SSSR count). The summed E-state index contributed by atoms with van der Waals surface area (Å²) in [6, 6.07) is 0. The van der Waals surface area contributed by atoms with Crippen molar-refractivity contribution < 1.29 is 23.8 Å². The molecule has 2 aliphatic heterocycles. The van der Waals surface area contributed by atoms with E-state index in [9.17, 15) is 9.59 Å². The lowest BCUT2D eigenvalue weighted by Gasteiger charge is -2.40. The van der Waals surface area contributed by atoms with Crippen LogP contribution in [0.15, 0.2) is 0 Å². The molecule has 1 amide bonds. The summed E-state index contributed by atoms with van der Waals surface area (Å²) in [5, 5.41) is 0. The number of carbonyl (C=O) groups is 2. The molecule has 0 spiro atoms. The predicted octanol–water partition coefficient (Wildman–Crippen LogP) is 1.97. The standard InChI is InChI=1S/C15H25NO5/c1-14(2,3)21-13(18)16-7-5-15(6-8-16,11-10-20-11)9-12(17)19-4/h11H,5-10H2,1-4H3. The van der Waals surface area contributed by atoms with Gasteiger partial charge in [0.05, 0.1) is 26.2 Å². The number of likely N-dealkylation sites (tertiary alicyclic amines) is 1. The molecule has 6 nitrogen and oxygen atoms in total. The first-order chi connectivity index (χ1) is 9.76. The first-order valence-corrected chi connectivity index (χ1v) is 7.42. The molecule has 1 unspecified atom stereocenters. The van der Waals surface area contributed by atoms with Crippen LogP contribution in [-0.2, 0) is 19.0 Å². The minimum Gasteiger partial charge on any atom is -0.469 e. The van der Waals surface area contributed by atoms with Crippen molar-refractivity contribution in [1.29, 1.82) is 0 Å². The van der Waals surface area contributed by atoms with Gasteiger partial charge in [0.15, 0.2) is 0 Å². The summed E-state index contributed by atoms with van der Waals surface area (Å²) in [5.41, 5.74) is -0.678. The number of amides is 1. The maximum Gasteiger partial charge on any atom is 0.410 e. The van der Waals surface area contributed by atoms with E-state index in [1.165, 1.54) is 7.11 Å². The Labute approximate surface area is 125 Å². The minimum absolute atomic E-state index is 0.123. The number of piperidine rings is 1. The number of nitrogens with zero attached hydrogens (tertiary/aromatic N) is 1. The van der Waals surface area contributed by atoms with Crippen LogP contribution in [0, 0.1) is 5.41 Å². The third-order valence-electron chi connectivity index (χ3n) is 4.15. The summed E-state index contributed by atoms with van der Waals surface area (Å²) in [5.74, 6) is -0.212. The molecule has 21 heavy (non-hydrogen) atoms. The van der Waals surface area contributed by atoms with Gasteiger partial charge in [-0.3, -0.25) is 4.79 Å². The maximum absolute atomic E-state index is 12.1. The van der Waals surface area contributed by atoms with Crippen molar-refractivity contribution in [1.82, 2.24) is 4.90 Å². The van der Waals surface area contributed by atoms with Gasteiger partial charge in [0.2, 0.25) is 0 Å². The monoisotopic (exact) mass is 299 g/mol. The van der Waals surface area contributed by atoms with Gasteiger partial charge in [0.25, 0.3) is 0 Å². The lowest BCUT2D eigenvalue weighted by molar-refractivity contribution is -0.144. The lowest BCUT2D eigenvalue weighted by atomic mass is 9.73. The van der Waals surface area contributed by atoms with Gasteiger partial charge in [-0.2, -0.15) is 0 Å².